The Morgan fingerprint density at radius 3 is 2.60 bits per heavy atom. The maximum atomic E-state index is 14.5. The predicted molar refractivity (Wildman–Crippen MR) is 162 cm³/mol. The number of amides is 1. The molecule has 1 aliphatic heterocycles. The summed E-state index contributed by atoms with van der Waals surface area (Å²) in [5.74, 6) is 0.0937. The Bertz CT molecular complexity index is 1750. The Hall–Kier alpha value is -3.92. The molecule has 2 aliphatic rings. The first kappa shape index (κ1) is 29.6. The Labute approximate surface area is 246 Å². The Morgan fingerprint density at radius 1 is 1.19 bits per heavy atom. The van der Waals surface area contributed by atoms with Gasteiger partial charge in [0.15, 0.2) is 5.65 Å². The first-order chi connectivity index (χ1) is 19.7. The van der Waals surface area contributed by atoms with Gasteiger partial charge in [0.1, 0.15) is 21.9 Å². The number of carbonyl (C=O) groups excluding carboxylic acids is 1. The highest BCUT2D eigenvalue weighted by Gasteiger charge is 2.42. The Kier molecular flexibility index (Phi) is 7.55. The molecule has 5 rings (SSSR count). The minimum atomic E-state index is -4.05. The molecule has 3 aromatic rings. The van der Waals surface area contributed by atoms with Crippen LogP contribution in [-0.2, 0) is 14.8 Å². The fourth-order valence-electron chi connectivity index (χ4n) is 5.40. The number of aromatic nitrogens is 2. The summed E-state index contributed by atoms with van der Waals surface area (Å²) in [5, 5.41) is 0.698. The number of fused-ring (bicyclic) bond motifs is 1. The van der Waals surface area contributed by atoms with Crippen molar-refractivity contribution in [1.82, 2.24) is 13.9 Å². The van der Waals surface area contributed by atoms with Gasteiger partial charge in [-0.15, -0.1) is 0 Å². The molecule has 10 heteroatoms. The molecule has 0 saturated heterocycles. The summed E-state index contributed by atoms with van der Waals surface area (Å²) in [4.78, 5) is 18.9. The van der Waals surface area contributed by atoms with E-state index in [0.717, 1.165) is 5.57 Å². The molecule has 8 nitrogen and oxygen atoms in total. The lowest BCUT2D eigenvalue weighted by Gasteiger charge is -2.34. The highest BCUT2D eigenvalue weighted by molar-refractivity contribution is 7.91. The fourth-order valence-corrected chi connectivity index (χ4v) is 7.16. The van der Waals surface area contributed by atoms with Gasteiger partial charge in [0, 0.05) is 23.7 Å². The summed E-state index contributed by atoms with van der Waals surface area (Å²) in [5.41, 5.74) is 2.29. The van der Waals surface area contributed by atoms with E-state index < -0.39 is 32.3 Å². The van der Waals surface area contributed by atoms with E-state index >= 15 is 0 Å². The van der Waals surface area contributed by atoms with E-state index in [1.165, 1.54) is 23.2 Å². The second kappa shape index (κ2) is 10.7. The van der Waals surface area contributed by atoms with Crippen molar-refractivity contribution in [2.24, 2.45) is 0 Å². The maximum absolute atomic E-state index is 14.5. The number of halogens is 1. The minimum Gasteiger partial charge on any atom is -0.496 e. The summed E-state index contributed by atoms with van der Waals surface area (Å²) in [6, 6.07) is 9.41. The zero-order chi connectivity index (χ0) is 30.4. The van der Waals surface area contributed by atoms with Gasteiger partial charge in [0.25, 0.3) is 0 Å². The number of methoxy groups -OCH3 is 1. The van der Waals surface area contributed by atoms with Crippen molar-refractivity contribution in [3.05, 3.63) is 84.0 Å². The number of ether oxygens (including phenoxy) is 2. The van der Waals surface area contributed by atoms with E-state index in [2.05, 4.69) is 4.98 Å². The van der Waals surface area contributed by atoms with Crippen LogP contribution in [0.3, 0.4) is 0 Å². The SMILES string of the molecule is COc1ccc(F)cc1C1=CCC(C)(S(=O)(=O)n2c(C3=C[C@H](C)N(C(=O)OC(C)(C)C)CC3)cc3cccnc32)C=C1. The molecular weight excluding hydrogens is 557 g/mol. The first-order valence-electron chi connectivity index (χ1n) is 13.9. The second-order valence-corrected chi connectivity index (χ2v) is 14.2. The summed E-state index contributed by atoms with van der Waals surface area (Å²) in [7, 11) is -2.54. The molecule has 0 spiro atoms. The van der Waals surface area contributed by atoms with E-state index in [9.17, 15) is 17.6 Å². The lowest BCUT2D eigenvalue weighted by Crippen LogP contribution is -2.44. The van der Waals surface area contributed by atoms with Crippen LogP contribution in [0, 0.1) is 5.82 Å². The zero-order valence-corrected chi connectivity index (χ0v) is 25.5. The zero-order valence-electron chi connectivity index (χ0n) is 24.7. The normalized spacial score (nSPS) is 21.2. The molecule has 0 radical (unpaired) electrons. The third kappa shape index (κ3) is 5.35. The van der Waals surface area contributed by atoms with Crippen molar-refractivity contribution in [3.8, 4) is 5.75 Å². The Balaban J connectivity index is 1.53. The molecule has 1 aliphatic carbocycles. The molecule has 0 saturated carbocycles. The maximum Gasteiger partial charge on any atom is 0.410 e. The fraction of sp³-hybridized carbons (Fsp3) is 0.375. The number of allylic oxidation sites excluding steroid dienone is 3. The highest BCUT2D eigenvalue weighted by Crippen LogP contribution is 2.40. The van der Waals surface area contributed by atoms with Crippen LogP contribution in [0.25, 0.3) is 22.2 Å². The van der Waals surface area contributed by atoms with Crippen LogP contribution in [0.15, 0.2) is 66.9 Å². The van der Waals surface area contributed by atoms with Gasteiger partial charge < -0.3 is 14.4 Å². The molecule has 42 heavy (non-hydrogen) atoms. The molecule has 1 unspecified atom stereocenters. The van der Waals surface area contributed by atoms with Crippen LogP contribution >= 0.6 is 0 Å². The van der Waals surface area contributed by atoms with Gasteiger partial charge in [-0.2, -0.15) is 0 Å². The van der Waals surface area contributed by atoms with E-state index in [4.69, 9.17) is 9.47 Å². The van der Waals surface area contributed by atoms with Gasteiger partial charge in [-0.3, -0.25) is 0 Å². The number of hydrogen-bond acceptors (Lipinski definition) is 6. The molecule has 1 amide bonds. The van der Waals surface area contributed by atoms with Crippen LogP contribution in [0.2, 0.25) is 0 Å². The van der Waals surface area contributed by atoms with Crippen molar-refractivity contribution in [1.29, 1.82) is 0 Å². The molecule has 2 aromatic heterocycles. The predicted octanol–water partition coefficient (Wildman–Crippen LogP) is 6.58. The van der Waals surface area contributed by atoms with Crippen LogP contribution in [0.4, 0.5) is 9.18 Å². The number of benzene rings is 1. The number of rotatable bonds is 5. The summed E-state index contributed by atoms with van der Waals surface area (Å²) in [6.07, 6.45) is 8.86. The topological polar surface area (TPSA) is 90.7 Å². The van der Waals surface area contributed by atoms with Crippen LogP contribution in [0.5, 0.6) is 5.75 Å². The number of nitrogens with zero attached hydrogens (tertiary/aromatic N) is 3. The van der Waals surface area contributed by atoms with Crippen LogP contribution < -0.4 is 4.74 Å². The van der Waals surface area contributed by atoms with Gasteiger partial charge in [-0.1, -0.05) is 24.3 Å². The van der Waals surface area contributed by atoms with Gasteiger partial charge in [0.05, 0.1) is 18.8 Å². The van der Waals surface area contributed by atoms with Crippen molar-refractivity contribution < 1.29 is 27.1 Å². The molecule has 2 atom stereocenters. The Morgan fingerprint density at radius 2 is 1.95 bits per heavy atom. The summed E-state index contributed by atoms with van der Waals surface area (Å²) >= 11 is 0. The molecule has 0 N–H and O–H groups in total. The molecular formula is C32H36FN3O5S. The van der Waals surface area contributed by atoms with Crippen molar-refractivity contribution in [3.63, 3.8) is 0 Å². The van der Waals surface area contributed by atoms with E-state index in [1.54, 1.807) is 48.4 Å². The number of carbonyl (C=O) groups is 1. The van der Waals surface area contributed by atoms with Crippen molar-refractivity contribution >= 4 is 38.3 Å². The average molecular weight is 594 g/mol. The van der Waals surface area contributed by atoms with Gasteiger partial charge >= 0.3 is 6.09 Å². The van der Waals surface area contributed by atoms with Gasteiger partial charge in [0.2, 0.25) is 10.0 Å². The first-order valence-corrected chi connectivity index (χ1v) is 15.3. The molecule has 3 heterocycles. The molecule has 0 bridgehead atoms. The number of pyridine rings is 1. The monoisotopic (exact) mass is 593 g/mol. The summed E-state index contributed by atoms with van der Waals surface area (Å²) in [6.45, 7) is 9.42. The third-order valence-electron chi connectivity index (χ3n) is 7.68. The quantitative estimate of drug-likeness (QED) is 0.332. The van der Waals surface area contributed by atoms with Gasteiger partial charge in [-0.05, 0) is 95.0 Å². The average Bonchev–Trinajstić information content (AvgIpc) is 3.33. The molecule has 222 valence electrons. The van der Waals surface area contributed by atoms with Crippen molar-refractivity contribution in [2.75, 3.05) is 13.7 Å². The standard InChI is InChI=1S/C32H36FN3O5S/c1-21-18-23(13-17-35(21)30(37)41-31(2,3)4)27-19-24-8-7-16-34-29(24)36(27)42(38,39)32(5)14-11-22(12-15-32)26-20-25(33)9-10-28(26)40-6/h7-12,14,16,18-21H,13,15,17H2,1-6H3/t21-,32?/m0/s1. The van der Waals surface area contributed by atoms with E-state index in [0.29, 0.717) is 46.6 Å². The van der Waals surface area contributed by atoms with Gasteiger partial charge in [-0.25, -0.2) is 26.6 Å². The van der Waals surface area contributed by atoms with E-state index in [1.807, 2.05) is 45.9 Å². The minimum absolute atomic E-state index is 0.161. The van der Waals surface area contributed by atoms with Crippen LogP contribution in [-0.4, -0.2) is 58.4 Å². The third-order valence-corrected chi connectivity index (χ3v) is 10.0. The molecule has 1 aromatic carbocycles. The lowest BCUT2D eigenvalue weighted by atomic mass is 9.93. The lowest BCUT2D eigenvalue weighted by molar-refractivity contribution is 0.0209. The highest BCUT2D eigenvalue weighted by atomic mass is 32.2. The van der Waals surface area contributed by atoms with Crippen molar-refractivity contribution in [2.45, 2.75) is 63.9 Å². The molecule has 0 fully saturated rings. The largest absolute Gasteiger partial charge is 0.496 e. The van der Waals surface area contributed by atoms with E-state index in [-0.39, 0.29) is 12.5 Å². The summed E-state index contributed by atoms with van der Waals surface area (Å²) < 4.78 is 54.1. The van der Waals surface area contributed by atoms with Crippen LogP contribution in [0.1, 0.15) is 58.7 Å². The number of hydrogen-bond donors (Lipinski definition) is 0. The smallest absolute Gasteiger partial charge is 0.410 e. The second-order valence-electron chi connectivity index (χ2n) is 11.9.